The van der Waals surface area contributed by atoms with E-state index in [1.807, 2.05) is 30.8 Å². The molecule has 0 unspecified atom stereocenters. The zero-order valence-corrected chi connectivity index (χ0v) is 8.82. The van der Waals surface area contributed by atoms with Gasteiger partial charge in [-0.3, -0.25) is 9.48 Å². The number of hydrogen-bond acceptors (Lipinski definition) is 2. The predicted octanol–water partition coefficient (Wildman–Crippen LogP) is 1.13. The fraction of sp³-hybridized carbons (Fsp3) is 0.273. The number of hydrogen-bond donors (Lipinski definition) is 1. The van der Waals surface area contributed by atoms with Gasteiger partial charge in [0, 0.05) is 19.0 Å². The highest BCUT2D eigenvalue weighted by molar-refractivity contribution is 5.82. The van der Waals surface area contributed by atoms with Crippen LogP contribution < -0.4 is 5.32 Å². The van der Waals surface area contributed by atoms with Crippen LogP contribution in [0.25, 0.3) is 10.9 Å². The first kappa shape index (κ1) is 9.71. The van der Waals surface area contributed by atoms with Gasteiger partial charge in [-0.2, -0.15) is 5.10 Å². The van der Waals surface area contributed by atoms with Gasteiger partial charge >= 0.3 is 0 Å². The van der Waals surface area contributed by atoms with E-state index in [9.17, 15) is 4.79 Å². The Morgan fingerprint density at radius 1 is 1.53 bits per heavy atom. The van der Waals surface area contributed by atoms with Crippen LogP contribution in [0.2, 0.25) is 0 Å². The second-order valence-electron chi connectivity index (χ2n) is 3.56. The Labute approximate surface area is 87.9 Å². The molecule has 0 aliphatic heterocycles. The minimum atomic E-state index is 0.563. The van der Waals surface area contributed by atoms with Crippen molar-refractivity contribution in [2.75, 3.05) is 0 Å². The van der Waals surface area contributed by atoms with Crippen LogP contribution in [0, 0.1) is 6.92 Å². The number of carbonyl (C=O) groups excluding carboxylic acids is 1. The average molecular weight is 203 g/mol. The maximum atomic E-state index is 10.2. The number of aromatic nitrogens is 2. The molecule has 0 saturated heterocycles. The molecule has 0 atom stereocenters. The highest BCUT2D eigenvalue weighted by atomic mass is 16.1. The fourth-order valence-electron chi connectivity index (χ4n) is 1.76. The lowest BCUT2D eigenvalue weighted by Crippen LogP contribution is -2.09. The molecule has 2 rings (SSSR count). The summed E-state index contributed by atoms with van der Waals surface area (Å²) >= 11 is 0. The van der Waals surface area contributed by atoms with Crippen LogP contribution in [0.1, 0.15) is 11.3 Å². The van der Waals surface area contributed by atoms with Crippen LogP contribution in [0.4, 0.5) is 0 Å². The van der Waals surface area contributed by atoms with Gasteiger partial charge in [0.1, 0.15) is 0 Å². The summed E-state index contributed by atoms with van der Waals surface area (Å²) in [7, 11) is 1.93. The van der Waals surface area contributed by atoms with Gasteiger partial charge in [0.25, 0.3) is 0 Å². The van der Waals surface area contributed by atoms with Gasteiger partial charge in [0.15, 0.2) is 0 Å². The monoisotopic (exact) mass is 203 g/mol. The standard InChI is InChI=1S/C11H13N3O/c1-8-10-5-9(6-12-7-15)3-4-11(10)14(2)13-8/h3-5,7H,6H2,1-2H3,(H,12,15). The molecule has 1 N–H and O–H groups in total. The maximum Gasteiger partial charge on any atom is 0.207 e. The Hall–Kier alpha value is -1.84. The minimum absolute atomic E-state index is 0.563. The summed E-state index contributed by atoms with van der Waals surface area (Å²) in [5.74, 6) is 0. The van der Waals surface area contributed by atoms with Crippen LogP contribution in [-0.4, -0.2) is 16.2 Å². The Morgan fingerprint density at radius 3 is 3.07 bits per heavy atom. The van der Waals surface area contributed by atoms with Gasteiger partial charge in [0.05, 0.1) is 11.2 Å². The zero-order valence-electron chi connectivity index (χ0n) is 8.82. The van der Waals surface area contributed by atoms with Crippen molar-refractivity contribution in [1.82, 2.24) is 15.1 Å². The first-order valence-electron chi connectivity index (χ1n) is 4.81. The summed E-state index contributed by atoms with van der Waals surface area (Å²) in [5.41, 5.74) is 3.22. The van der Waals surface area contributed by atoms with E-state index in [-0.39, 0.29) is 0 Å². The second-order valence-corrected chi connectivity index (χ2v) is 3.56. The van der Waals surface area contributed by atoms with Gasteiger partial charge in [0.2, 0.25) is 6.41 Å². The molecule has 0 bridgehead atoms. The molecule has 4 nitrogen and oxygen atoms in total. The molecular weight excluding hydrogens is 190 g/mol. The first-order valence-corrected chi connectivity index (χ1v) is 4.81. The van der Waals surface area contributed by atoms with Crippen molar-refractivity contribution in [3.05, 3.63) is 29.5 Å². The normalized spacial score (nSPS) is 10.5. The smallest absolute Gasteiger partial charge is 0.207 e. The van der Waals surface area contributed by atoms with E-state index in [1.165, 1.54) is 0 Å². The van der Waals surface area contributed by atoms with E-state index in [4.69, 9.17) is 0 Å². The van der Waals surface area contributed by atoms with E-state index in [1.54, 1.807) is 0 Å². The minimum Gasteiger partial charge on any atom is -0.355 e. The van der Waals surface area contributed by atoms with E-state index < -0.39 is 0 Å². The summed E-state index contributed by atoms with van der Waals surface area (Å²) in [6, 6.07) is 6.09. The van der Waals surface area contributed by atoms with Crippen molar-refractivity contribution < 1.29 is 4.79 Å². The summed E-state index contributed by atoms with van der Waals surface area (Å²) in [6.45, 7) is 2.55. The third-order valence-electron chi connectivity index (χ3n) is 2.49. The molecule has 1 aromatic carbocycles. The molecule has 0 fully saturated rings. The molecule has 1 heterocycles. The van der Waals surface area contributed by atoms with Gasteiger partial charge in [-0.05, 0) is 24.6 Å². The Morgan fingerprint density at radius 2 is 2.33 bits per heavy atom. The van der Waals surface area contributed by atoms with Crippen LogP contribution in [0.15, 0.2) is 18.2 Å². The van der Waals surface area contributed by atoms with Crippen molar-refractivity contribution in [2.45, 2.75) is 13.5 Å². The van der Waals surface area contributed by atoms with Crippen molar-refractivity contribution in [3.63, 3.8) is 0 Å². The largest absolute Gasteiger partial charge is 0.355 e. The van der Waals surface area contributed by atoms with Crippen LogP contribution in [0.5, 0.6) is 0 Å². The lowest BCUT2D eigenvalue weighted by Gasteiger charge is -2.00. The molecule has 1 amide bonds. The SMILES string of the molecule is Cc1nn(C)c2ccc(CNC=O)cc12. The fourth-order valence-corrected chi connectivity index (χ4v) is 1.76. The number of nitrogens with one attached hydrogen (secondary N) is 1. The van der Waals surface area contributed by atoms with Gasteiger partial charge < -0.3 is 5.32 Å². The number of rotatable bonds is 3. The van der Waals surface area contributed by atoms with Crippen LogP contribution in [-0.2, 0) is 18.4 Å². The molecule has 2 aromatic rings. The van der Waals surface area contributed by atoms with Crippen molar-refractivity contribution in [1.29, 1.82) is 0 Å². The van der Waals surface area contributed by atoms with E-state index in [0.29, 0.717) is 13.0 Å². The van der Waals surface area contributed by atoms with Gasteiger partial charge in [-0.25, -0.2) is 0 Å². The molecule has 78 valence electrons. The van der Waals surface area contributed by atoms with Gasteiger partial charge in [-0.1, -0.05) is 6.07 Å². The Bertz CT molecular complexity index is 502. The average Bonchev–Trinajstić information content (AvgIpc) is 2.52. The molecule has 0 spiro atoms. The molecule has 15 heavy (non-hydrogen) atoms. The van der Waals surface area contributed by atoms with Gasteiger partial charge in [-0.15, -0.1) is 0 Å². The molecular formula is C11H13N3O. The second kappa shape index (κ2) is 3.73. The van der Waals surface area contributed by atoms with Crippen LogP contribution in [0.3, 0.4) is 0 Å². The summed E-state index contributed by atoms with van der Waals surface area (Å²) in [5, 5.41) is 8.13. The topological polar surface area (TPSA) is 46.9 Å². The maximum absolute atomic E-state index is 10.2. The number of fused-ring (bicyclic) bond motifs is 1. The molecule has 4 heteroatoms. The summed E-state index contributed by atoms with van der Waals surface area (Å²) in [6.07, 6.45) is 0.709. The zero-order chi connectivity index (χ0) is 10.8. The quantitative estimate of drug-likeness (QED) is 0.760. The molecule has 0 saturated carbocycles. The summed E-state index contributed by atoms with van der Waals surface area (Å²) in [4.78, 5) is 10.2. The lowest BCUT2D eigenvalue weighted by molar-refractivity contribution is -0.109. The highest BCUT2D eigenvalue weighted by Crippen LogP contribution is 2.18. The summed E-state index contributed by atoms with van der Waals surface area (Å²) < 4.78 is 1.86. The van der Waals surface area contributed by atoms with Crippen LogP contribution >= 0.6 is 0 Å². The third-order valence-corrected chi connectivity index (χ3v) is 2.49. The van der Waals surface area contributed by atoms with E-state index in [0.717, 1.165) is 22.2 Å². The first-order chi connectivity index (χ1) is 7.22. The number of amides is 1. The highest BCUT2D eigenvalue weighted by Gasteiger charge is 2.04. The molecule has 0 radical (unpaired) electrons. The van der Waals surface area contributed by atoms with Crippen molar-refractivity contribution in [2.24, 2.45) is 7.05 Å². The van der Waals surface area contributed by atoms with E-state index in [2.05, 4.69) is 16.5 Å². The molecule has 0 aliphatic rings. The number of benzene rings is 1. The number of aryl methyl sites for hydroxylation is 2. The van der Waals surface area contributed by atoms with Crippen molar-refractivity contribution >= 4 is 17.3 Å². The number of carbonyl (C=O) groups is 1. The molecule has 0 aliphatic carbocycles. The Kier molecular flexibility index (Phi) is 2.41. The van der Waals surface area contributed by atoms with Crippen molar-refractivity contribution in [3.8, 4) is 0 Å². The number of nitrogens with zero attached hydrogens (tertiary/aromatic N) is 2. The van der Waals surface area contributed by atoms with E-state index >= 15 is 0 Å². The lowest BCUT2D eigenvalue weighted by atomic mass is 10.1. The molecule has 1 aromatic heterocycles. The Balaban J connectivity index is 2.45. The third kappa shape index (κ3) is 1.70. The predicted molar refractivity (Wildman–Crippen MR) is 58.4 cm³/mol.